The van der Waals surface area contributed by atoms with Crippen LogP contribution in [0.4, 0.5) is 0 Å². The number of hydrogen-bond donors (Lipinski definition) is 0. The third kappa shape index (κ3) is 3.43. The molecule has 17 heavy (non-hydrogen) atoms. The highest BCUT2D eigenvalue weighted by Crippen LogP contribution is 2.55. The predicted octanol–water partition coefficient (Wildman–Crippen LogP) is 3.88. The summed E-state index contributed by atoms with van der Waals surface area (Å²) < 4.78 is 0. The summed E-state index contributed by atoms with van der Waals surface area (Å²) in [5.41, 5.74) is 1.54. The van der Waals surface area contributed by atoms with Crippen LogP contribution in [-0.2, 0) is 4.79 Å². The molecule has 1 fully saturated rings. The van der Waals surface area contributed by atoms with E-state index in [1.54, 1.807) is 6.92 Å². The van der Waals surface area contributed by atoms with Gasteiger partial charge in [-0.1, -0.05) is 26.0 Å². The molecule has 2 unspecified atom stereocenters. The summed E-state index contributed by atoms with van der Waals surface area (Å²) in [4.78, 5) is 11.1. The van der Waals surface area contributed by atoms with Crippen LogP contribution < -0.4 is 0 Å². The molecule has 0 aromatic heterocycles. The summed E-state index contributed by atoms with van der Waals surface area (Å²) >= 11 is 0. The lowest BCUT2D eigenvalue weighted by molar-refractivity contribution is -0.118. The standard InChI is InChI=1S/C15H23NO/c1-11(6-5-9-16)13-10-15(3,4)14(13)8-7-12(2)17/h13-14H,1,5-8,10H2,2-4H3. The van der Waals surface area contributed by atoms with Gasteiger partial charge < -0.3 is 4.79 Å². The number of hydrogen-bond acceptors (Lipinski definition) is 2. The fraction of sp³-hybridized carbons (Fsp3) is 0.733. The van der Waals surface area contributed by atoms with Crippen LogP contribution in [0.1, 0.15) is 52.9 Å². The molecule has 1 saturated carbocycles. The number of rotatable bonds is 6. The predicted molar refractivity (Wildman–Crippen MR) is 69.3 cm³/mol. The highest BCUT2D eigenvalue weighted by molar-refractivity contribution is 5.75. The van der Waals surface area contributed by atoms with E-state index in [1.165, 1.54) is 5.57 Å². The van der Waals surface area contributed by atoms with Crippen LogP contribution in [0.5, 0.6) is 0 Å². The lowest BCUT2D eigenvalue weighted by Gasteiger charge is -2.53. The van der Waals surface area contributed by atoms with Gasteiger partial charge in [0.15, 0.2) is 0 Å². The molecule has 2 heteroatoms. The molecule has 0 aromatic rings. The molecule has 94 valence electrons. The Morgan fingerprint density at radius 2 is 2.12 bits per heavy atom. The third-order valence-electron chi connectivity index (χ3n) is 4.13. The summed E-state index contributed by atoms with van der Waals surface area (Å²) in [6.45, 7) is 10.3. The fourth-order valence-corrected chi connectivity index (χ4v) is 3.03. The van der Waals surface area contributed by atoms with E-state index in [9.17, 15) is 4.79 Å². The van der Waals surface area contributed by atoms with Gasteiger partial charge in [0.2, 0.25) is 0 Å². The molecule has 0 heterocycles. The Hall–Kier alpha value is -1.10. The Bertz CT molecular complexity index is 348. The van der Waals surface area contributed by atoms with Crippen LogP contribution in [0.3, 0.4) is 0 Å². The van der Waals surface area contributed by atoms with Gasteiger partial charge in [-0.3, -0.25) is 0 Å². The molecule has 0 saturated heterocycles. The fourth-order valence-electron chi connectivity index (χ4n) is 3.03. The van der Waals surface area contributed by atoms with Crippen LogP contribution in [0, 0.1) is 28.6 Å². The van der Waals surface area contributed by atoms with Crippen molar-refractivity contribution in [1.82, 2.24) is 0 Å². The number of allylic oxidation sites excluding steroid dienone is 1. The molecule has 0 aromatic carbocycles. The first kappa shape index (κ1) is 14.0. The Kier molecular flexibility index (Phi) is 4.51. The van der Waals surface area contributed by atoms with Crippen molar-refractivity contribution in [3.63, 3.8) is 0 Å². The highest BCUT2D eigenvalue weighted by atomic mass is 16.1. The van der Waals surface area contributed by atoms with Crippen molar-refractivity contribution < 1.29 is 4.79 Å². The van der Waals surface area contributed by atoms with Crippen molar-refractivity contribution in [1.29, 1.82) is 5.26 Å². The van der Waals surface area contributed by atoms with Crippen LogP contribution in [0.2, 0.25) is 0 Å². The lowest BCUT2D eigenvalue weighted by Crippen LogP contribution is -2.44. The summed E-state index contributed by atoms with van der Waals surface area (Å²) in [6, 6.07) is 2.17. The van der Waals surface area contributed by atoms with Gasteiger partial charge in [-0.25, -0.2) is 0 Å². The summed E-state index contributed by atoms with van der Waals surface area (Å²) in [7, 11) is 0. The largest absolute Gasteiger partial charge is 0.300 e. The van der Waals surface area contributed by atoms with Gasteiger partial charge >= 0.3 is 0 Å². The first-order valence-corrected chi connectivity index (χ1v) is 6.42. The van der Waals surface area contributed by atoms with E-state index in [2.05, 4.69) is 26.5 Å². The highest BCUT2D eigenvalue weighted by Gasteiger charge is 2.47. The van der Waals surface area contributed by atoms with Crippen LogP contribution >= 0.6 is 0 Å². The summed E-state index contributed by atoms with van der Waals surface area (Å²) in [5, 5.41) is 8.60. The Morgan fingerprint density at radius 1 is 1.47 bits per heavy atom. The first-order chi connectivity index (χ1) is 7.88. The minimum atomic E-state index is 0.272. The molecule has 1 rings (SSSR count). The van der Waals surface area contributed by atoms with Gasteiger partial charge in [0, 0.05) is 12.8 Å². The minimum absolute atomic E-state index is 0.272. The van der Waals surface area contributed by atoms with E-state index in [4.69, 9.17) is 5.26 Å². The third-order valence-corrected chi connectivity index (χ3v) is 4.13. The van der Waals surface area contributed by atoms with Crippen LogP contribution in [0.15, 0.2) is 12.2 Å². The van der Waals surface area contributed by atoms with Gasteiger partial charge in [0.1, 0.15) is 5.78 Å². The van der Waals surface area contributed by atoms with E-state index in [0.717, 1.165) is 19.3 Å². The van der Waals surface area contributed by atoms with Gasteiger partial charge in [-0.15, -0.1) is 0 Å². The van der Waals surface area contributed by atoms with Crippen LogP contribution in [-0.4, -0.2) is 5.78 Å². The molecule has 1 aliphatic rings. The van der Waals surface area contributed by atoms with Gasteiger partial charge in [0.05, 0.1) is 6.07 Å². The van der Waals surface area contributed by atoms with Gasteiger partial charge in [-0.2, -0.15) is 5.26 Å². The van der Waals surface area contributed by atoms with E-state index in [0.29, 0.717) is 30.1 Å². The maximum absolute atomic E-state index is 11.1. The zero-order valence-corrected chi connectivity index (χ0v) is 11.3. The van der Waals surface area contributed by atoms with E-state index in [1.807, 2.05) is 0 Å². The van der Waals surface area contributed by atoms with Gasteiger partial charge in [-0.05, 0) is 43.4 Å². The first-order valence-electron chi connectivity index (χ1n) is 6.42. The molecule has 0 radical (unpaired) electrons. The second kappa shape index (κ2) is 5.49. The average Bonchev–Trinajstić information content (AvgIpc) is 2.22. The number of ketones is 1. The monoisotopic (exact) mass is 233 g/mol. The zero-order chi connectivity index (χ0) is 13.1. The topological polar surface area (TPSA) is 40.9 Å². The quantitative estimate of drug-likeness (QED) is 0.653. The summed E-state index contributed by atoms with van der Waals surface area (Å²) in [5.74, 6) is 1.37. The SMILES string of the molecule is C=C(CCC#N)C1CC(C)(C)C1CCC(C)=O. The number of carbonyl (C=O) groups excluding carboxylic acids is 1. The normalized spacial score (nSPS) is 25.8. The molecule has 0 N–H and O–H groups in total. The van der Waals surface area contributed by atoms with Crippen molar-refractivity contribution >= 4 is 5.78 Å². The maximum atomic E-state index is 11.1. The maximum Gasteiger partial charge on any atom is 0.129 e. The molecule has 2 nitrogen and oxygen atoms in total. The lowest BCUT2D eigenvalue weighted by atomic mass is 9.52. The number of nitrogens with zero attached hydrogens (tertiary/aromatic N) is 1. The average molecular weight is 233 g/mol. The second-order valence-corrected chi connectivity index (χ2v) is 5.96. The number of Topliss-reactive ketones (excluding diaryl/α,β-unsaturated/α-hetero) is 1. The Balaban J connectivity index is 2.54. The second-order valence-electron chi connectivity index (χ2n) is 5.96. The van der Waals surface area contributed by atoms with Crippen molar-refractivity contribution in [2.75, 3.05) is 0 Å². The molecular weight excluding hydrogens is 210 g/mol. The van der Waals surface area contributed by atoms with Crippen LogP contribution in [0.25, 0.3) is 0 Å². The molecular formula is C15H23NO. The van der Waals surface area contributed by atoms with Crippen molar-refractivity contribution in [3.8, 4) is 6.07 Å². The van der Waals surface area contributed by atoms with Crippen molar-refractivity contribution in [3.05, 3.63) is 12.2 Å². The van der Waals surface area contributed by atoms with E-state index >= 15 is 0 Å². The molecule has 0 spiro atoms. The zero-order valence-electron chi connectivity index (χ0n) is 11.3. The smallest absolute Gasteiger partial charge is 0.129 e. The molecule has 1 aliphatic carbocycles. The number of nitriles is 1. The van der Waals surface area contributed by atoms with E-state index < -0.39 is 0 Å². The summed E-state index contributed by atoms with van der Waals surface area (Å²) in [6.07, 6.45) is 4.18. The Labute approximate surface area is 105 Å². The van der Waals surface area contributed by atoms with E-state index in [-0.39, 0.29) is 5.78 Å². The Morgan fingerprint density at radius 3 is 2.59 bits per heavy atom. The molecule has 2 atom stereocenters. The minimum Gasteiger partial charge on any atom is -0.300 e. The molecule has 0 aliphatic heterocycles. The molecule has 0 bridgehead atoms. The van der Waals surface area contributed by atoms with Gasteiger partial charge in [0.25, 0.3) is 0 Å². The van der Waals surface area contributed by atoms with Crippen molar-refractivity contribution in [2.24, 2.45) is 17.3 Å². The van der Waals surface area contributed by atoms with Crippen molar-refractivity contribution in [2.45, 2.75) is 52.9 Å². The number of carbonyl (C=O) groups is 1. The molecule has 0 amide bonds.